The van der Waals surface area contributed by atoms with Crippen molar-refractivity contribution in [2.75, 3.05) is 17.1 Å². The molecule has 0 atom stereocenters. The lowest BCUT2D eigenvalue weighted by Gasteiger charge is -2.12. The maximum atomic E-state index is 12.6. The molecule has 3 N–H and O–H groups in total. The Bertz CT molecular complexity index is 1150. The minimum atomic E-state index is -3.86. The third-order valence-electron chi connectivity index (χ3n) is 3.98. The first-order chi connectivity index (χ1) is 13.8. The van der Waals surface area contributed by atoms with E-state index in [-0.39, 0.29) is 21.2 Å². The molecule has 0 aliphatic carbocycles. The quantitative estimate of drug-likeness (QED) is 0.508. The van der Waals surface area contributed by atoms with Crippen LogP contribution in [-0.2, 0) is 10.0 Å². The summed E-state index contributed by atoms with van der Waals surface area (Å²) in [6, 6.07) is 16.4. The maximum absolute atomic E-state index is 12.6. The molecule has 0 radical (unpaired) electrons. The van der Waals surface area contributed by atoms with Gasteiger partial charge in [-0.25, -0.2) is 8.42 Å². The molecule has 3 aromatic carbocycles. The number of methoxy groups -OCH3 is 1. The minimum absolute atomic E-state index is 0.00682. The summed E-state index contributed by atoms with van der Waals surface area (Å²) in [5, 5.41) is 12.2. The largest absolute Gasteiger partial charge is 0.506 e. The predicted octanol–water partition coefficient (Wildman–Crippen LogP) is 4.11. The van der Waals surface area contributed by atoms with Gasteiger partial charge in [-0.1, -0.05) is 23.7 Å². The van der Waals surface area contributed by atoms with Crippen molar-refractivity contribution in [2.24, 2.45) is 0 Å². The molecule has 9 heteroatoms. The highest BCUT2D eigenvalue weighted by Gasteiger charge is 2.17. The number of anilines is 2. The Hall–Kier alpha value is -3.23. The Morgan fingerprint density at radius 3 is 2.38 bits per heavy atom. The van der Waals surface area contributed by atoms with Crippen LogP contribution in [0.15, 0.2) is 71.6 Å². The number of ether oxygens (including phenoxy) is 1. The van der Waals surface area contributed by atoms with Crippen molar-refractivity contribution in [3.05, 3.63) is 77.3 Å². The molecule has 0 aliphatic rings. The lowest BCUT2D eigenvalue weighted by molar-refractivity contribution is 0.102. The Balaban J connectivity index is 1.76. The molecule has 29 heavy (non-hydrogen) atoms. The fourth-order valence-electron chi connectivity index (χ4n) is 2.51. The topological polar surface area (TPSA) is 105 Å². The summed E-state index contributed by atoms with van der Waals surface area (Å²) >= 11 is 5.82. The van der Waals surface area contributed by atoms with Crippen LogP contribution in [0.1, 0.15) is 10.4 Å². The number of carbonyl (C=O) groups is 1. The van der Waals surface area contributed by atoms with E-state index in [2.05, 4.69) is 10.0 Å². The van der Waals surface area contributed by atoms with Gasteiger partial charge in [0.15, 0.2) is 0 Å². The van der Waals surface area contributed by atoms with Gasteiger partial charge >= 0.3 is 0 Å². The molecule has 3 aromatic rings. The summed E-state index contributed by atoms with van der Waals surface area (Å²) in [5.74, 6) is -0.158. The van der Waals surface area contributed by atoms with E-state index in [1.807, 2.05) is 0 Å². The first-order valence-electron chi connectivity index (χ1n) is 8.36. The standard InChI is InChI=1S/C20H17ClN2O5S/c1-28-19-5-3-2-4-17(19)23-29(26,27)15-9-6-13(7-10-15)20(25)22-14-8-11-18(24)16(21)12-14/h2-12,23-24H,1H3,(H,22,25). The zero-order valence-electron chi connectivity index (χ0n) is 15.2. The first kappa shape index (κ1) is 20.5. The average Bonchev–Trinajstić information content (AvgIpc) is 2.71. The van der Waals surface area contributed by atoms with Crippen LogP contribution >= 0.6 is 11.6 Å². The number of sulfonamides is 1. The van der Waals surface area contributed by atoms with Gasteiger partial charge in [0.25, 0.3) is 15.9 Å². The van der Waals surface area contributed by atoms with E-state index in [0.717, 1.165) is 0 Å². The highest BCUT2D eigenvalue weighted by molar-refractivity contribution is 7.92. The zero-order chi connectivity index (χ0) is 21.0. The molecule has 150 valence electrons. The Labute approximate surface area is 173 Å². The number of benzene rings is 3. The van der Waals surface area contributed by atoms with E-state index in [9.17, 15) is 18.3 Å². The second-order valence-electron chi connectivity index (χ2n) is 5.95. The number of phenolic OH excluding ortho intramolecular Hbond substituents is 1. The summed E-state index contributed by atoms with van der Waals surface area (Å²) in [7, 11) is -2.42. The van der Waals surface area contributed by atoms with Crippen molar-refractivity contribution in [3.63, 3.8) is 0 Å². The lowest BCUT2D eigenvalue weighted by Crippen LogP contribution is -2.15. The van der Waals surface area contributed by atoms with Crippen LogP contribution < -0.4 is 14.8 Å². The summed E-state index contributed by atoms with van der Waals surface area (Å²) < 4.78 is 32.8. The fraction of sp³-hybridized carbons (Fsp3) is 0.0500. The third kappa shape index (κ3) is 4.79. The number of amides is 1. The van der Waals surface area contributed by atoms with Crippen LogP contribution in [0.25, 0.3) is 0 Å². The van der Waals surface area contributed by atoms with Crippen molar-refractivity contribution in [1.82, 2.24) is 0 Å². The number of hydrogen-bond acceptors (Lipinski definition) is 5. The molecule has 0 fully saturated rings. The number of rotatable bonds is 6. The second kappa shape index (κ2) is 8.42. The Morgan fingerprint density at radius 2 is 1.72 bits per heavy atom. The number of carbonyl (C=O) groups excluding carboxylic acids is 1. The SMILES string of the molecule is COc1ccccc1NS(=O)(=O)c1ccc(C(=O)Nc2ccc(O)c(Cl)c2)cc1. The highest BCUT2D eigenvalue weighted by Crippen LogP contribution is 2.27. The number of hydrogen-bond donors (Lipinski definition) is 3. The number of aromatic hydroxyl groups is 1. The molecule has 3 rings (SSSR count). The molecule has 7 nitrogen and oxygen atoms in total. The van der Waals surface area contributed by atoms with E-state index in [0.29, 0.717) is 17.1 Å². The van der Waals surface area contributed by atoms with E-state index >= 15 is 0 Å². The molecule has 0 aliphatic heterocycles. The number of nitrogens with one attached hydrogen (secondary N) is 2. The van der Waals surface area contributed by atoms with Gasteiger partial charge in [-0.3, -0.25) is 9.52 Å². The predicted molar refractivity (Wildman–Crippen MR) is 111 cm³/mol. The minimum Gasteiger partial charge on any atom is -0.506 e. The van der Waals surface area contributed by atoms with Crippen LogP contribution in [0.4, 0.5) is 11.4 Å². The summed E-state index contributed by atoms with van der Waals surface area (Å²) in [5.41, 5.74) is 0.957. The van der Waals surface area contributed by atoms with Crippen LogP contribution in [-0.4, -0.2) is 26.5 Å². The van der Waals surface area contributed by atoms with E-state index in [1.54, 1.807) is 24.3 Å². The molecular weight excluding hydrogens is 416 g/mol. The van der Waals surface area contributed by atoms with Gasteiger partial charge in [-0.05, 0) is 54.6 Å². The van der Waals surface area contributed by atoms with Crippen molar-refractivity contribution in [1.29, 1.82) is 0 Å². The fourth-order valence-corrected chi connectivity index (χ4v) is 3.76. The highest BCUT2D eigenvalue weighted by atomic mass is 35.5. The first-order valence-corrected chi connectivity index (χ1v) is 10.2. The molecular formula is C20H17ClN2O5S. The van der Waals surface area contributed by atoms with Crippen molar-refractivity contribution in [2.45, 2.75) is 4.90 Å². The van der Waals surface area contributed by atoms with Gasteiger partial charge in [0, 0.05) is 11.3 Å². The van der Waals surface area contributed by atoms with Crippen molar-refractivity contribution >= 4 is 38.9 Å². The van der Waals surface area contributed by atoms with E-state index in [1.165, 1.54) is 49.6 Å². The van der Waals surface area contributed by atoms with Gasteiger partial charge in [0.05, 0.1) is 22.7 Å². The lowest BCUT2D eigenvalue weighted by atomic mass is 10.2. The molecule has 0 unspecified atom stereocenters. The van der Waals surface area contributed by atoms with Crippen LogP contribution in [0.5, 0.6) is 11.5 Å². The molecule has 0 aromatic heterocycles. The van der Waals surface area contributed by atoms with Gasteiger partial charge in [-0.2, -0.15) is 0 Å². The summed E-state index contributed by atoms with van der Waals surface area (Å²) in [6.45, 7) is 0. The molecule has 0 heterocycles. The smallest absolute Gasteiger partial charge is 0.262 e. The van der Waals surface area contributed by atoms with Gasteiger partial charge in [-0.15, -0.1) is 0 Å². The van der Waals surface area contributed by atoms with Crippen molar-refractivity contribution in [3.8, 4) is 11.5 Å². The van der Waals surface area contributed by atoms with E-state index < -0.39 is 15.9 Å². The summed E-state index contributed by atoms with van der Waals surface area (Å²) in [6.07, 6.45) is 0. The van der Waals surface area contributed by atoms with Gasteiger partial charge in [0.1, 0.15) is 11.5 Å². The van der Waals surface area contributed by atoms with Gasteiger partial charge in [0.2, 0.25) is 0 Å². The summed E-state index contributed by atoms with van der Waals surface area (Å²) in [4.78, 5) is 12.3. The number of phenols is 1. The average molecular weight is 433 g/mol. The molecule has 0 saturated carbocycles. The molecule has 1 amide bonds. The molecule has 0 bridgehead atoms. The Morgan fingerprint density at radius 1 is 1.03 bits per heavy atom. The Kier molecular flexibility index (Phi) is 5.95. The number of halogens is 1. The third-order valence-corrected chi connectivity index (χ3v) is 5.67. The molecule has 0 saturated heterocycles. The normalized spacial score (nSPS) is 11.0. The second-order valence-corrected chi connectivity index (χ2v) is 8.04. The van der Waals surface area contributed by atoms with Gasteiger partial charge < -0.3 is 15.2 Å². The van der Waals surface area contributed by atoms with Crippen molar-refractivity contribution < 1.29 is 23.1 Å². The zero-order valence-corrected chi connectivity index (χ0v) is 16.8. The molecule has 0 spiro atoms. The van der Waals surface area contributed by atoms with Crippen LogP contribution in [0.3, 0.4) is 0 Å². The van der Waals surface area contributed by atoms with Crippen LogP contribution in [0, 0.1) is 0 Å². The van der Waals surface area contributed by atoms with Crippen LogP contribution in [0.2, 0.25) is 5.02 Å². The maximum Gasteiger partial charge on any atom is 0.262 e. The number of para-hydroxylation sites is 2. The van der Waals surface area contributed by atoms with E-state index in [4.69, 9.17) is 16.3 Å². The monoisotopic (exact) mass is 432 g/mol.